The van der Waals surface area contributed by atoms with Gasteiger partial charge in [0.25, 0.3) is 11.8 Å². The Kier molecular flexibility index (Phi) is 8.55. The van der Waals surface area contributed by atoms with Crippen LogP contribution in [0.2, 0.25) is 5.02 Å². The van der Waals surface area contributed by atoms with Gasteiger partial charge in [-0.1, -0.05) is 59.6 Å². The van der Waals surface area contributed by atoms with E-state index in [0.717, 1.165) is 21.6 Å². The summed E-state index contributed by atoms with van der Waals surface area (Å²) in [5.41, 5.74) is 3.66. The van der Waals surface area contributed by atoms with Gasteiger partial charge >= 0.3 is 6.03 Å². The Morgan fingerprint density at radius 2 is 1.55 bits per heavy atom. The van der Waals surface area contributed by atoms with Crippen LogP contribution in [0.5, 0.6) is 17.2 Å². The summed E-state index contributed by atoms with van der Waals surface area (Å²) in [6, 6.07) is 26.0. The number of hydrogen-bond donors (Lipinski definition) is 1. The van der Waals surface area contributed by atoms with Crippen molar-refractivity contribution in [1.29, 1.82) is 0 Å². The van der Waals surface area contributed by atoms with Gasteiger partial charge in [-0.3, -0.25) is 14.9 Å². The molecule has 4 aromatic carbocycles. The van der Waals surface area contributed by atoms with E-state index in [-0.39, 0.29) is 12.2 Å². The second-order valence-corrected chi connectivity index (χ2v) is 9.99. The number of halogens is 1. The molecule has 0 unspecified atom stereocenters. The molecule has 1 fully saturated rings. The average Bonchev–Trinajstić information content (AvgIpc) is 2.99. The fraction of sp³-hybridized carbons (Fsp3) is 0.121. The fourth-order valence-electron chi connectivity index (χ4n) is 4.28. The van der Waals surface area contributed by atoms with Crippen molar-refractivity contribution in [3.63, 3.8) is 0 Å². The van der Waals surface area contributed by atoms with Gasteiger partial charge in [-0.25, -0.2) is 9.69 Å². The first-order valence-electron chi connectivity index (χ1n) is 13.1. The molecular formula is C33H27ClN2O6. The molecule has 0 aliphatic carbocycles. The van der Waals surface area contributed by atoms with Gasteiger partial charge in [0.1, 0.15) is 24.5 Å². The number of rotatable bonds is 9. The van der Waals surface area contributed by atoms with Crippen molar-refractivity contribution >= 4 is 41.2 Å². The number of carbonyl (C=O) groups excluding carboxylic acids is 3. The molecule has 0 atom stereocenters. The van der Waals surface area contributed by atoms with Crippen molar-refractivity contribution < 1.29 is 28.6 Å². The number of urea groups is 1. The number of carbonyl (C=O) groups is 3. The molecule has 0 saturated carbocycles. The average molecular weight is 583 g/mol. The first kappa shape index (κ1) is 28.4. The molecule has 9 heteroatoms. The lowest BCUT2D eigenvalue weighted by Gasteiger charge is -2.26. The molecule has 4 aromatic rings. The summed E-state index contributed by atoms with van der Waals surface area (Å²) in [6.07, 6.45) is 1.40. The van der Waals surface area contributed by atoms with Gasteiger partial charge in [-0.15, -0.1) is 0 Å². The van der Waals surface area contributed by atoms with Crippen LogP contribution >= 0.6 is 11.6 Å². The molecular weight excluding hydrogens is 556 g/mol. The normalized spacial score (nSPS) is 14.1. The molecule has 4 amide bonds. The largest absolute Gasteiger partial charge is 0.493 e. The van der Waals surface area contributed by atoms with Gasteiger partial charge in [0, 0.05) is 5.02 Å². The van der Waals surface area contributed by atoms with E-state index >= 15 is 0 Å². The number of imide groups is 2. The number of anilines is 1. The highest BCUT2D eigenvalue weighted by atomic mass is 35.5. The summed E-state index contributed by atoms with van der Waals surface area (Å²) < 4.78 is 17.2. The van der Waals surface area contributed by atoms with Crippen LogP contribution in [0.4, 0.5) is 10.5 Å². The lowest BCUT2D eigenvalue weighted by atomic mass is 10.1. The van der Waals surface area contributed by atoms with Crippen molar-refractivity contribution in [2.75, 3.05) is 12.0 Å². The smallest absolute Gasteiger partial charge is 0.335 e. The van der Waals surface area contributed by atoms with Crippen LogP contribution < -0.4 is 24.4 Å². The molecule has 0 aromatic heterocycles. The van der Waals surface area contributed by atoms with Gasteiger partial charge in [0.15, 0.2) is 11.5 Å². The molecule has 0 bridgehead atoms. The Morgan fingerprint density at radius 1 is 0.810 bits per heavy atom. The predicted octanol–water partition coefficient (Wildman–Crippen LogP) is 6.48. The quantitative estimate of drug-likeness (QED) is 0.179. The number of ether oxygens (including phenoxy) is 3. The molecule has 1 N–H and O–H groups in total. The SMILES string of the molecule is COc1cc(/C=C2\C(=O)NC(=O)N(c3ccc(OCc4ccc(C)cc4)cc3)C2=O)ccc1OCc1cccc(Cl)c1. The third-order valence-electron chi connectivity index (χ3n) is 6.50. The van der Waals surface area contributed by atoms with E-state index < -0.39 is 17.8 Å². The molecule has 1 aliphatic rings. The number of methoxy groups -OCH3 is 1. The standard InChI is InChI=1S/C33H27ClN2O6/c1-21-6-8-22(9-7-21)19-41-27-13-11-26(12-14-27)36-32(38)28(31(37)35-33(36)39)17-23-10-15-29(30(18-23)40-2)42-20-24-4-3-5-25(34)16-24/h3-18H,19-20H2,1-2H3,(H,35,37,39)/b28-17+. The van der Waals surface area contributed by atoms with Crippen molar-refractivity contribution in [2.45, 2.75) is 20.1 Å². The van der Waals surface area contributed by atoms with Crippen LogP contribution in [0.1, 0.15) is 22.3 Å². The Balaban J connectivity index is 1.31. The number of nitrogens with one attached hydrogen (secondary N) is 1. The summed E-state index contributed by atoms with van der Waals surface area (Å²) in [5, 5.41) is 2.85. The van der Waals surface area contributed by atoms with E-state index in [2.05, 4.69) is 5.32 Å². The third-order valence-corrected chi connectivity index (χ3v) is 6.74. The van der Waals surface area contributed by atoms with Crippen LogP contribution in [0.3, 0.4) is 0 Å². The third kappa shape index (κ3) is 6.62. The highest BCUT2D eigenvalue weighted by molar-refractivity contribution is 6.39. The summed E-state index contributed by atoms with van der Waals surface area (Å²) >= 11 is 6.05. The molecule has 1 heterocycles. The number of benzene rings is 4. The monoisotopic (exact) mass is 582 g/mol. The molecule has 1 aliphatic heterocycles. The van der Waals surface area contributed by atoms with E-state index in [9.17, 15) is 14.4 Å². The van der Waals surface area contributed by atoms with Gasteiger partial charge in [-0.05, 0) is 78.2 Å². The minimum atomic E-state index is -0.835. The van der Waals surface area contributed by atoms with Crippen LogP contribution in [0, 0.1) is 6.92 Å². The van der Waals surface area contributed by atoms with E-state index in [0.29, 0.717) is 40.1 Å². The maximum absolute atomic E-state index is 13.4. The molecule has 0 spiro atoms. The molecule has 5 rings (SSSR count). The zero-order chi connectivity index (χ0) is 29.6. The summed E-state index contributed by atoms with van der Waals surface area (Å²) in [7, 11) is 1.49. The number of nitrogens with zero attached hydrogens (tertiary/aromatic N) is 1. The zero-order valence-corrected chi connectivity index (χ0v) is 23.7. The molecule has 1 saturated heterocycles. The van der Waals surface area contributed by atoms with Crippen molar-refractivity contribution in [3.8, 4) is 17.2 Å². The van der Waals surface area contributed by atoms with Crippen molar-refractivity contribution in [3.05, 3.63) is 124 Å². The number of hydrogen-bond acceptors (Lipinski definition) is 6. The fourth-order valence-corrected chi connectivity index (χ4v) is 4.49. The van der Waals surface area contributed by atoms with Crippen LogP contribution in [0.25, 0.3) is 6.08 Å². The van der Waals surface area contributed by atoms with Gasteiger partial charge in [0.2, 0.25) is 0 Å². The van der Waals surface area contributed by atoms with Gasteiger partial charge < -0.3 is 14.2 Å². The number of aryl methyl sites for hydroxylation is 1. The minimum absolute atomic E-state index is 0.205. The topological polar surface area (TPSA) is 94.2 Å². The van der Waals surface area contributed by atoms with Crippen molar-refractivity contribution in [1.82, 2.24) is 5.32 Å². The molecule has 42 heavy (non-hydrogen) atoms. The second-order valence-electron chi connectivity index (χ2n) is 9.55. The maximum Gasteiger partial charge on any atom is 0.335 e. The molecule has 212 valence electrons. The zero-order valence-electron chi connectivity index (χ0n) is 22.9. The Bertz CT molecular complexity index is 1670. The summed E-state index contributed by atoms with van der Waals surface area (Å²) in [6.45, 7) is 2.66. The maximum atomic E-state index is 13.4. The highest BCUT2D eigenvalue weighted by Crippen LogP contribution is 2.31. The lowest BCUT2D eigenvalue weighted by molar-refractivity contribution is -0.122. The first-order valence-corrected chi connectivity index (χ1v) is 13.4. The van der Waals surface area contributed by atoms with Gasteiger partial charge in [-0.2, -0.15) is 0 Å². The Labute approximate surface area is 248 Å². The Morgan fingerprint density at radius 3 is 2.26 bits per heavy atom. The molecule has 0 radical (unpaired) electrons. The second kappa shape index (κ2) is 12.6. The summed E-state index contributed by atoms with van der Waals surface area (Å²) in [4.78, 5) is 39.6. The number of barbiturate groups is 1. The number of amides is 4. The van der Waals surface area contributed by atoms with E-state index in [1.54, 1.807) is 54.6 Å². The predicted molar refractivity (Wildman–Crippen MR) is 160 cm³/mol. The molecule has 8 nitrogen and oxygen atoms in total. The minimum Gasteiger partial charge on any atom is -0.493 e. The van der Waals surface area contributed by atoms with E-state index in [1.165, 1.54) is 13.2 Å². The lowest BCUT2D eigenvalue weighted by Crippen LogP contribution is -2.54. The van der Waals surface area contributed by atoms with Crippen molar-refractivity contribution in [2.24, 2.45) is 0 Å². The summed E-state index contributed by atoms with van der Waals surface area (Å²) in [5.74, 6) is -0.0950. The van der Waals surface area contributed by atoms with Crippen LogP contribution in [0.15, 0.2) is 96.6 Å². The van der Waals surface area contributed by atoms with Crippen LogP contribution in [-0.4, -0.2) is 25.0 Å². The first-order chi connectivity index (χ1) is 20.3. The van der Waals surface area contributed by atoms with Gasteiger partial charge in [0.05, 0.1) is 12.8 Å². The van der Waals surface area contributed by atoms with Crippen LogP contribution in [-0.2, 0) is 22.8 Å². The van der Waals surface area contributed by atoms with E-state index in [4.69, 9.17) is 25.8 Å². The Hall–Kier alpha value is -5.08. The highest BCUT2D eigenvalue weighted by Gasteiger charge is 2.36. The van der Waals surface area contributed by atoms with E-state index in [1.807, 2.05) is 43.3 Å².